The SMILES string of the molecule is CCCOc1ccc(C2/C(=C(\O)c3cccc(OCC(C)C)c3)C(=O)C(=O)N2c2cccc(OC)c2)cc1. The molecule has 0 aliphatic carbocycles. The fourth-order valence-electron chi connectivity index (χ4n) is 4.29. The van der Waals surface area contributed by atoms with E-state index in [0.29, 0.717) is 53.2 Å². The van der Waals surface area contributed by atoms with Crippen molar-refractivity contribution in [3.8, 4) is 17.2 Å². The summed E-state index contributed by atoms with van der Waals surface area (Å²) in [5.74, 6) is 0.354. The van der Waals surface area contributed by atoms with Crippen molar-refractivity contribution in [2.24, 2.45) is 5.92 Å². The topological polar surface area (TPSA) is 85.3 Å². The van der Waals surface area contributed by atoms with E-state index in [1.54, 1.807) is 60.7 Å². The average Bonchev–Trinajstić information content (AvgIpc) is 3.20. The largest absolute Gasteiger partial charge is 0.507 e. The van der Waals surface area contributed by atoms with Gasteiger partial charge in [0, 0.05) is 17.3 Å². The fourth-order valence-corrected chi connectivity index (χ4v) is 4.29. The van der Waals surface area contributed by atoms with E-state index in [9.17, 15) is 14.7 Å². The predicted octanol–water partition coefficient (Wildman–Crippen LogP) is 6.15. The maximum Gasteiger partial charge on any atom is 0.300 e. The lowest BCUT2D eigenvalue weighted by atomic mass is 9.95. The number of ketones is 1. The van der Waals surface area contributed by atoms with Crippen LogP contribution in [0.5, 0.6) is 17.2 Å². The van der Waals surface area contributed by atoms with Crippen LogP contribution in [-0.2, 0) is 9.59 Å². The Bertz CT molecular complexity index is 1330. The van der Waals surface area contributed by atoms with Crippen molar-refractivity contribution in [2.45, 2.75) is 33.2 Å². The minimum absolute atomic E-state index is 0.000978. The van der Waals surface area contributed by atoms with Crippen LogP contribution in [0.4, 0.5) is 5.69 Å². The Morgan fingerprint density at radius 2 is 1.63 bits per heavy atom. The predicted molar refractivity (Wildman–Crippen MR) is 147 cm³/mol. The lowest BCUT2D eigenvalue weighted by Gasteiger charge is -2.26. The van der Waals surface area contributed by atoms with Gasteiger partial charge in [-0.15, -0.1) is 0 Å². The summed E-state index contributed by atoms with van der Waals surface area (Å²) in [5, 5.41) is 11.5. The zero-order valence-electron chi connectivity index (χ0n) is 22.1. The van der Waals surface area contributed by atoms with Crippen LogP contribution in [0.3, 0.4) is 0 Å². The minimum atomic E-state index is -0.859. The van der Waals surface area contributed by atoms with Crippen LogP contribution >= 0.6 is 0 Å². The Balaban J connectivity index is 1.83. The Labute approximate surface area is 223 Å². The number of anilines is 1. The lowest BCUT2D eigenvalue weighted by Crippen LogP contribution is -2.29. The highest BCUT2D eigenvalue weighted by molar-refractivity contribution is 6.51. The number of carbonyl (C=O) groups excluding carboxylic acids is 2. The molecule has 7 heteroatoms. The molecule has 1 aliphatic heterocycles. The number of hydrogen-bond acceptors (Lipinski definition) is 6. The number of rotatable bonds is 10. The summed E-state index contributed by atoms with van der Waals surface area (Å²) in [5.41, 5.74) is 1.53. The zero-order chi connectivity index (χ0) is 27.2. The number of aliphatic hydroxyl groups is 1. The molecule has 4 rings (SSSR count). The van der Waals surface area contributed by atoms with Gasteiger partial charge in [0.1, 0.15) is 23.0 Å². The Hall–Kier alpha value is -4.26. The van der Waals surface area contributed by atoms with Crippen molar-refractivity contribution in [3.05, 3.63) is 89.5 Å². The van der Waals surface area contributed by atoms with Gasteiger partial charge in [0.25, 0.3) is 11.7 Å². The van der Waals surface area contributed by atoms with Crippen LogP contribution in [0, 0.1) is 5.92 Å². The van der Waals surface area contributed by atoms with Gasteiger partial charge in [0.2, 0.25) is 0 Å². The Morgan fingerprint density at radius 1 is 0.921 bits per heavy atom. The molecule has 38 heavy (non-hydrogen) atoms. The molecule has 1 amide bonds. The highest BCUT2D eigenvalue weighted by Gasteiger charge is 2.47. The third-order valence-corrected chi connectivity index (χ3v) is 6.14. The maximum absolute atomic E-state index is 13.5. The van der Waals surface area contributed by atoms with E-state index in [2.05, 4.69) is 0 Å². The summed E-state index contributed by atoms with van der Waals surface area (Å²) in [6.45, 7) is 7.21. The number of ether oxygens (including phenoxy) is 3. The van der Waals surface area contributed by atoms with Gasteiger partial charge >= 0.3 is 0 Å². The van der Waals surface area contributed by atoms with E-state index in [1.807, 2.05) is 32.9 Å². The Morgan fingerprint density at radius 3 is 2.32 bits per heavy atom. The van der Waals surface area contributed by atoms with Crippen molar-refractivity contribution >= 4 is 23.1 Å². The van der Waals surface area contributed by atoms with Crippen LogP contribution in [-0.4, -0.2) is 37.1 Å². The first-order valence-corrected chi connectivity index (χ1v) is 12.7. The lowest BCUT2D eigenvalue weighted by molar-refractivity contribution is -0.132. The second-order valence-corrected chi connectivity index (χ2v) is 9.52. The average molecular weight is 516 g/mol. The molecule has 3 aromatic carbocycles. The van der Waals surface area contributed by atoms with E-state index < -0.39 is 17.7 Å². The van der Waals surface area contributed by atoms with Crippen LogP contribution in [0.1, 0.15) is 44.4 Å². The molecule has 7 nitrogen and oxygen atoms in total. The molecule has 0 saturated carbocycles. The number of aliphatic hydroxyl groups excluding tert-OH is 1. The molecule has 0 bridgehead atoms. The molecule has 1 heterocycles. The summed E-state index contributed by atoms with van der Waals surface area (Å²) in [4.78, 5) is 28.3. The van der Waals surface area contributed by atoms with Gasteiger partial charge in [-0.05, 0) is 54.3 Å². The van der Waals surface area contributed by atoms with Crippen molar-refractivity contribution in [2.75, 3.05) is 25.2 Å². The second kappa shape index (κ2) is 11.9. The standard InChI is InChI=1S/C31H33NO6/c1-5-16-37-24-14-12-21(13-15-24)28-27(29(33)22-8-6-11-26(17-22)38-19-20(2)3)30(34)31(35)32(28)23-9-7-10-25(18-23)36-4/h6-15,17-18,20,28,33H,5,16,19H2,1-4H3/b29-27+. The summed E-state index contributed by atoms with van der Waals surface area (Å²) in [6, 6.07) is 20.2. The van der Waals surface area contributed by atoms with Crippen LogP contribution < -0.4 is 19.1 Å². The summed E-state index contributed by atoms with van der Waals surface area (Å²) in [6.07, 6.45) is 0.873. The highest BCUT2D eigenvalue weighted by atomic mass is 16.5. The molecular weight excluding hydrogens is 482 g/mol. The number of Topliss-reactive ketones (excluding diaryl/α,β-unsaturated/α-hetero) is 1. The molecule has 0 aromatic heterocycles. The van der Waals surface area contributed by atoms with E-state index in [4.69, 9.17) is 14.2 Å². The minimum Gasteiger partial charge on any atom is -0.507 e. The first-order valence-electron chi connectivity index (χ1n) is 12.7. The van der Waals surface area contributed by atoms with E-state index >= 15 is 0 Å². The smallest absolute Gasteiger partial charge is 0.300 e. The van der Waals surface area contributed by atoms with Gasteiger partial charge in [-0.1, -0.05) is 51.1 Å². The number of hydrogen-bond donors (Lipinski definition) is 1. The van der Waals surface area contributed by atoms with Crippen molar-refractivity contribution in [1.82, 2.24) is 0 Å². The second-order valence-electron chi connectivity index (χ2n) is 9.52. The van der Waals surface area contributed by atoms with Crippen molar-refractivity contribution < 1.29 is 28.9 Å². The highest BCUT2D eigenvalue weighted by Crippen LogP contribution is 2.43. The van der Waals surface area contributed by atoms with Gasteiger partial charge in [-0.25, -0.2) is 0 Å². The quantitative estimate of drug-likeness (QED) is 0.198. The third-order valence-electron chi connectivity index (χ3n) is 6.14. The molecule has 198 valence electrons. The van der Waals surface area contributed by atoms with Gasteiger partial charge < -0.3 is 19.3 Å². The molecule has 1 aliphatic rings. The molecule has 0 spiro atoms. The van der Waals surface area contributed by atoms with E-state index in [-0.39, 0.29) is 11.3 Å². The maximum atomic E-state index is 13.5. The molecule has 3 aromatic rings. The van der Waals surface area contributed by atoms with Gasteiger partial charge in [0.05, 0.1) is 31.9 Å². The van der Waals surface area contributed by atoms with Crippen LogP contribution in [0.15, 0.2) is 78.4 Å². The van der Waals surface area contributed by atoms with Crippen LogP contribution in [0.2, 0.25) is 0 Å². The molecule has 0 radical (unpaired) electrons. The van der Waals surface area contributed by atoms with E-state index in [1.165, 1.54) is 12.0 Å². The molecular formula is C31H33NO6. The third kappa shape index (κ3) is 5.67. The van der Waals surface area contributed by atoms with Crippen molar-refractivity contribution in [3.63, 3.8) is 0 Å². The van der Waals surface area contributed by atoms with Crippen molar-refractivity contribution in [1.29, 1.82) is 0 Å². The normalized spacial score (nSPS) is 16.7. The van der Waals surface area contributed by atoms with Gasteiger partial charge in [-0.3, -0.25) is 14.5 Å². The first-order chi connectivity index (χ1) is 18.3. The fraction of sp³-hybridized carbons (Fsp3) is 0.290. The number of carbonyl (C=O) groups is 2. The Kier molecular flexibility index (Phi) is 8.36. The number of amides is 1. The summed E-state index contributed by atoms with van der Waals surface area (Å²) >= 11 is 0. The molecule has 1 atom stereocenters. The molecule has 1 saturated heterocycles. The summed E-state index contributed by atoms with van der Waals surface area (Å²) < 4.78 is 16.9. The number of methoxy groups -OCH3 is 1. The van der Waals surface area contributed by atoms with E-state index in [0.717, 1.165) is 6.42 Å². The summed E-state index contributed by atoms with van der Waals surface area (Å²) in [7, 11) is 1.54. The molecule has 1 N–H and O–H groups in total. The van der Waals surface area contributed by atoms with Crippen LogP contribution in [0.25, 0.3) is 5.76 Å². The monoisotopic (exact) mass is 515 g/mol. The number of nitrogens with zero attached hydrogens (tertiary/aromatic N) is 1. The van der Waals surface area contributed by atoms with Gasteiger partial charge in [0.15, 0.2) is 0 Å². The first kappa shape index (κ1) is 26.8. The molecule has 1 fully saturated rings. The number of benzene rings is 3. The molecule has 1 unspecified atom stereocenters. The zero-order valence-corrected chi connectivity index (χ0v) is 22.1. The van der Waals surface area contributed by atoms with Gasteiger partial charge in [-0.2, -0.15) is 0 Å².